The standard InChI is InChI=1S/C21H27NO3/c1-14-7-8-17(9-15(14)2)11-21(23)22(4)13-18-12-20(25-6)19(24-5)10-16(18)3/h7-10,12H,11,13H2,1-6H3. The molecule has 0 unspecified atom stereocenters. The number of amides is 1. The second-order valence-corrected chi connectivity index (χ2v) is 6.48. The van der Waals surface area contributed by atoms with Crippen molar-refractivity contribution in [2.75, 3.05) is 21.3 Å². The van der Waals surface area contributed by atoms with Crippen LogP contribution < -0.4 is 9.47 Å². The molecular formula is C21H27NO3. The van der Waals surface area contributed by atoms with Crippen molar-refractivity contribution in [3.8, 4) is 11.5 Å². The van der Waals surface area contributed by atoms with Crippen LogP contribution >= 0.6 is 0 Å². The molecule has 2 aromatic carbocycles. The quantitative estimate of drug-likeness (QED) is 0.801. The van der Waals surface area contributed by atoms with Crippen molar-refractivity contribution in [1.29, 1.82) is 0 Å². The highest BCUT2D eigenvalue weighted by molar-refractivity contribution is 5.78. The number of nitrogens with zero attached hydrogens (tertiary/aromatic N) is 1. The number of likely N-dealkylation sites (N-methyl/N-ethyl adjacent to an activating group) is 1. The molecule has 1 amide bonds. The Balaban J connectivity index is 2.11. The molecule has 4 nitrogen and oxygen atoms in total. The third-order valence-corrected chi connectivity index (χ3v) is 4.60. The van der Waals surface area contributed by atoms with Gasteiger partial charge in [0.1, 0.15) is 0 Å². The van der Waals surface area contributed by atoms with E-state index in [1.807, 2.05) is 32.2 Å². The Morgan fingerprint density at radius 2 is 1.56 bits per heavy atom. The highest BCUT2D eigenvalue weighted by Gasteiger charge is 2.14. The minimum Gasteiger partial charge on any atom is -0.493 e. The maximum absolute atomic E-state index is 12.6. The Labute approximate surface area is 150 Å². The Hall–Kier alpha value is -2.49. The molecule has 2 aromatic rings. The number of ether oxygens (including phenoxy) is 2. The molecule has 2 rings (SSSR count). The number of aryl methyl sites for hydroxylation is 3. The van der Waals surface area contributed by atoms with Crippen LogP contribution in [-0.2, 0) is 17.8 Å². The number of hydrogen-bond donors (Lipinski definition) is 0. The van der Waals surface area contributed by atoms with Crippen molar-refractivity contribution in [2.24, 2.45) is 0 Å². The van der Waals surface area contributed by atoms with Gasteiger partial charge in [0.05, 0.1) is 20.6 Å². The first-order chi connectivity index (χ1) is 11.8. The predicted octanol–water partition coefficient (Wildman–Crippen LogP) is 3.83. The lowest BCUT2D eigenvalue weighted by molar-refractivity contribution is -0.129. The van der Waals surface area contributed by atoms with E-state index >= 15 is 0 Å². The largest absolute Gasteiger partial charge is 0.493 e. The fourth-order valence-corrected chi connectivity index (χ4v) is 2.76. The molecule has 0 radical (unpaired) electrons. The van der Waals surface area contributed by atoms with Crippen molar-refractivity contribution >= 4 is 5.91 Å². The first-order valence-electron chi connectivity index (χ1n) is 8.37. The minimum absolute atomic E-state index is 0.0948. The van der Waals surface area contributed by atoms with Gasteiger partial charge < -0.3 is 14.4 Å². The van der Waals surface area contributed by atoms with Crippen LogP contribution in [0.25, 0.3) is 0 Å². The highest BCUT2D eigenvalue weighted by atomic mass is 16.5. The molecule has 134 valence electrons. The van der Waals surface area contributed by atoms with Gasteiger partial charge in [0.2, 0.25) is 5.91 Å². The Bertz CT molecular complexity index is 768. The molecule has 0 bridgehead atoms. The third kappa shape index (κ3) is 4.53. The maximum Gasteiger partial charge on any atom is 0.227 e. The molecule has 0 N–H and O–H groups in total. The summed E-state index contributed by atoms with van der Waals surface area (Å²) in [6.07, 6.45) is 0.407. The van der Waals surface area contributed by atoms with E-state index in [2.05, 4.69) is 26.0 Å². The number of methoxy groups -OCH3 is 2. The molecule has 4 heteroatoms. The van der Waals surface area contributed by atoms with Gasteiger partial charge in [-0.2, -0.15) is 0 Å². The van der Waals surface area contributed by atoms with E-state index in [1.54, 1.807) is 19.1 Å². The highest BCUT2D eigenvalue weighted by Crippen LogP contribution is 2.30. The summed E-state index contributed by atoms with van der Waals surface area (Å²) in [5.74, 6) is 1.48. The van der Waals surface area contributed by atoms with Gasteiger partial charge in [0, 0.05) is 13.6 Å². The molecule has 0 heterocycles. The van der Waals surface area contributed by atoms with Gasteiger partial charge in [0.15, 0.2) is 11.5 Å². The zero-order valence-electron chi connectivity index (χ0n) is 16.0. The van der Waals surface area contributed by atoms with Gasteiger partial charge in [-0.1, -0.05) is 18.2 Å². The molecule has 0 saturated carbocycles. The third-order valence-electron chi connectivity index (χ3n) is 4.60. The Morgan fingerprint density at radius 1 is 0.920 bits per heavy atom. The fourth-order valence-electron chi connectivity index (χ4n) is 2.76. The van der Waals surface area contributed by atoms with Crippen LogP contribution in [0.15, 0.2) is 30.3 Å². The zero-order chi connectivity index (χ0) is 18.6. The van der Waals surface area contributed by atoms with E-state index in [4.69, 9.17) is 9.47 Å². The van der Waals surface area contributed by atoms with E-state index in [0.29, 0.717) is 24.5 Å². The van der Waals surface area contributed by atoms with E-state index in [9.17, 15) is 4.79 Å². The van der Waals surface area contributed by atoms with Crippen LogP contribution in [0.5, 0.6) is 11.5 Å². The summed E-state index contributed by atoms with van der Waals surface area (Å²) in [7, 11) is 5.07. The summed E-state index contributed by atoms with van der Waals surface area (Å²) in [5, 5.41) is 0. The summed E-state index contributed by atoms with van der Waals surface area (Å²) in [6.45, 7) is 6.70. The lowest BCUT2D eigenvalue weighted by atomic mass is 10.0. The average Bonchev–Trinajstić information content (AvgIpc) is 2.59. The number of benzene rings is 2. The summed E-state index contributed by atoms with van der Waals surface area (Å²) in [5.41, 5.74) is 5.62. The fraction of sp³-hybridized carbons (Fsp3) is 0.381. The second kappa shape index (κ2) is 8.06. The van der Waals surface area contributed by atoms with Gasteiger partial charge in [-0.3, -0.25) is 4.79 Å². The summed E-state index contributed by atoms with van der Waals surface area (Å²) in [6, 6.07) is 10.1. The van der Waals surface area contributed by atoms with E-state index in [0.717, 1.165) is 16.7 Å². The molecule has 25 heavy (non-hydrogen) atoms. The molecule has 0 aliphatic heterocycles. The number of rotatable bonds is 6. The van der Waals surface area contributed by atoms with Crippen molar-refractivity contribution in [1.82, 2.24) is 4.90 Å². The lowest BCUT2D eigenvalue weighted by Crippen LogP contribution is -2.28. The van der Waals surface area contributed by atoms with E-state index < -0.39 is 0 Å². The normalized spacial score (nSPS) is 10.5. The van der Waals surface area contributed by atoms with Crippen LogP contribution in [0.1, 0.15) is 27.8 Å². The molecule has 0 aliphatic rings. The Morgan fingerprint density at radius 3 is 2.16 bits per heavy atom. The monoisotopic (exact) mass is 341 g/mol. The van der Waals surface area contributed by atoms with E-state index in [-0.39, 0.29) is 5.91 Å². The molecular weight excluding hydrogens is 314 g/mol. The topological polar surface area (TPSA) is 38.8 Å². The first-order valence-corrected chi connectivity index (χ1v) is 8.37. The molecule has 0 spiro atoms. The summed E-state index contributed by atoms with van der Waals surface area (Å²) in [4.78, 5) is 14.3. The van der Waals surface area contributed by atoms with Gasteiger partial charge in [0.25, 0.3) is 0 Å². The first kappa shape index (κ1) is 18.8. The maximum atomic E-state index is 12.6. The van der Waals surface area contributed by atoms with Crippen LogP contribution in [0.3, 0.4) is 0 Å². The van der Waals surface area contributed by atoms with Crippen molar-refractivity contribution in [2.45, 2.75) is 33.7 Å². The summed E-state index contributed by atoms with van der Waals surface area (Å²) < 4.78 is 10.7. The van der Waals surface area contributed by atoms with Crippen LogP contribution in [-0.4, -0.2) is 32.1 Å². The van der Waals surface area contributed by atoms with Crippen LogP contribution in [0, 0.1) is 20.8 Å². The number of carbonyl (C=O) groups is 1. The van der Waals surface area contributed by atoms with E-state index in [1.165, 1.54) is 11.1 Å². The minimum atomic E-state index is 0.0948. The SMILES string of the molecule is COc1cc(C)c(CN(C)C(=O)Cc2ccc(C)c(C)c2)cc1OC. The van der Waals surface area contributed by atoms with Crippen LogP contribution in [0.4, 0.5) is 0 Å². The molecule has 0 aliphatic carbocycles. The van der Waals surface area contributed by atoms with Crippen molar-refractivity contribution < 1.29 is 14.3 Å². The van der Waals surface area contributed by atoms with Gasteiger partial charge >= 0.3 is 0 Å². The van der Waals surface area contributed by atoms with Crippen molar-refractivity contribution in [3.63, 3.8) is 0 Å². The van der Waals surface area contributed by atoms with Gasteiger partial charge in [-0.15, -0.1) is 0 Å². The Kier molecular flexibility index (Phi) is 6.07. The predicted molar refractivity (Wildman–Crippen MR) is 100 cm³/mol. The molecule has 0 aromatic heterocycles. The number of carbonyl (C=O) groups excluding carboxylic acids is 1. The lowest BCUT2D eigenvalue weighted by Gasteiger charge is -2.20. The molecule has 0 fully saturated rings. The average molecular weight is 341 g/mol. The molecule has 0 atom stereocenters. The zero-order valence-corrected chi connectivity index (χ0v) is 16.0. The summed E-state index contributed by atoms with van der Waals surface area (Å²) >= 11 is 0. The second-order valence-electron chi connectivity index (χ2n) is 6.48. The van der Waals surface area contributed by atoms with Gasteiger partial charge in [-0.05, 0) is 60.7 Å². The van der Waals surface area contributed by atoms with Gasteiger partial charge in [-0.25, -0.2) is 0 Å². The smallest absolute Gasteiger partial charge is 0.227 e. The molecule has 0 saturated heterocycles. The van der Waals surface area contributed by atoms with Crippen molar-refractivity contribution in [3.05, 3.63) is 58.1 Å². The number of hydrogen-bond acceptors (Lipinski definition) is 3. The van der Waals surface area contributed by atoms with Crippen LogP contribution in [0.2, 0.25) is 0 Å².